The zero-order valence-electron chi connectivity index (χ0n) is 13.6. The molecule has 1 fully saturated rings. The molecule has 128 valence electrons. The maximum absolute atomic E-state index is 12.2. The zero-order chi connectivity index (χ0) is 16.9. The van der Waals surface area contributed by atoms with Crippen molar-refractivity contribution in [3.8, 4) is 11.5 Å². The fourth-order valence-electron chi connectivity index (χ4n) is 2.52. The van der Waals surface area contributed by atoms with E-state index in [1.54, 1.807) is 37.7 Å². The first-order chi connectivity index (χ1) is 11.7. The number of anilines is 2. The summed E-state index contributed by atoms with van der Waals surface area (Å²) in [6.07, 6.45) is 4.34. The molecule has 0 bridgehead atoms. The Morgan fingerprint density at radius 3 is 2.92 bits per heavy atom. The Morgan fingerprint density at radius 2 is 2.21 bits per heavy atom. The molecule has 0 aliphatic carbocycles. The predicted octanol–water partition coefficient (Wildman–Crippen LogP) is 2.51. The molecule has 1 aliphatic heterocycles. The van der Waals surface area contributed by atoms with E-state index in [2.05, 4.69) is 15.7 Å². The highest BCUT2D eigenvalue weighted by atomic mass is 16.5. The molecule has 2 amide bonds. The lowest BCUT2D eigenvalue weighted by Gasteiger charge is -2.12. The van der Waals surface area contributed by atoms with Gasteiger partial charge in [0.1, 0.15) is 11.5 Å². The van der Waals surface area contributed by atoms with Crippen molar-refractivity contribution >= 4 is 17.4 Å². The summed E-state index contributed by atoms with van der Waals surface area (Å²) in [6.45, 7) is 1.39. The lowest BCUT2D eigenvalue weighted by Crippen LogP contribution is -2.19. The standard InChI is InChI=1S/C16H20N4O4/c1-22-13-3-4-14(15(7-13)23-2)19-16(21)18-11-8-17-20(9-11)12-5-6-24-10-12/h3-4,7-9,12H,5-6,10H2,1-2H3,(H2,18,19,21). The molecular formula is C16H20N4O4. The quantitative estimate of drug-likeness (QED) is 0.878. The average Bonchev–Trinajstić information content (AvgIpc) is 3.26. The van der Waals surface area contributed by atoms with E-state index in [1.807, 2.05) is 4.68 Å². The summed E-state index contributed by atoms with van der Waals surface area (Å²) in [5.41, 5.74) is 1.17. The van der Waals surface area contributed by atoms with Crippen LogP contribution < -0.4 is 20.1 Å². The number of benzene rings is 1. The molecule has 0 radical (unpaired) electrons. The Bertz CT molecular complexity index is 710. The average molecular weight is 332 g/mol. The molecule has 0 spiro atoms. The number of carbonyl (C=O) groups excluding carboxylic acids is 1. The van der Waals surface area contributed by atoms with Gasteiger partial charge in [-0.05, 0) is 18.6 Å². The van der Waals surface area contributed by atoms with Gasteiger partial charge in [-0.3, -0.25) is 4.68 Å². The fourth-order valence-corrected chi connectivity index (χ4v) is 2.52. The minimum atomic E-state index is -0.374. The third-order valence-corrected chi connectivity index (χ3v) is 3.80. The van der Waals surface area contributed by atoms with Gasteiger partial charge >= 0.3 is 6.03 Å². The van der Waals surface area contributed by atoms with Gasteiger partial charge in [-0.25, -0.2) is 4.79 Å². The van der Waals surface area contributed by atoms with Gasteiger partial charge in [0.2, 0.25) is 0 Å². The number of urea groups is 1. The number of amides is 2. The molecule has 0 saturated carbocycles. The number of nitrogens with zero attached hydrogens (tertiary/aromatic N) is 2. The predicted molar refractivity (Wildman–Crippen MR) is 88.9 cm³/mol. The molecule has 1 saturated heterocycles. The van der Waals surface area contributed by atoms with Crippen LogP contribution >= 0.6 is 0 Å². The Morgan fingerprint density at radius 1 is 1.33 bits per heavy atom. The minimum Gasteiger partial charge on any atom is -0.497 e. The molecule has 1 aliphatic rings. The number of hydrogen-bond acceptors (Lipinski definition) is 5. The molecule has 8 heteroatoms. The SMILES string of the molecule is COc1ccc(NC(=O)Nc2cnn(C3CCOC3)c2)c(OC)c1. The minimum absolute atomic E-state index is 0.227. The third-order valence-electron chi connectivity index (χ3n) is 3.80. The molecule has 3 rings (SSSR count). The highest BCUT2D eigenvalue weighted by Crippen LogP contribution is 2.29. The van der Waals surface area contributed by atoms with Gasteiger partial charge in [-0.1, -0.05) is 0 Å². The van der Waals surface area contributed by atoms with Crippen molar-refractivity contribution in [3.63, 3.8) is 0 Å². The molecule has 1 atom stereocenters. The molecule has 1 aromatic heterocycles. The normalized spacial score (nSPS) is 16.7. The van der Waals surface area contributed by atoms with Crippen LogP contribution in [0.25, 0.3) is 0 Å². The van der Waals surface area contributed by atoms with Gasteiger partial charge in [-0.2, -0.15) is 5.10 Å². The first-order valence-electron chi connectivity index (χ1n) is 7.61. The Balaban J connectivity index is 1.63. The number of aromatic nitrogens is 2. The van der Waals surface area contributed by atoms with Crippen molar-refractivity contribution in [2.24, 2.45) is 0 Å². The number of rotatable bonds is 5. The van der Waals surface area contributed by atoms with E-state index >= 15 is 0 Å². The van der Waals surface area contributed by atoms with Crippen LogP contribution in [0.3, 0.4) is 0 Å². The van der Waals surface area contributed by atoms with Gasteiger partial charge in [0.15, 0.2) is 0 Å². The second-order valence-corrected chi connectivity index (χ2v) is 5.37. The Labute approximate surface area is 139 Å². The summed E-state index contributed by atoms with van der Waals surface area (Å²) in [4.78, 5) is 12.2. The smallest absolute Gasteiger partial charge is 0.323 e. The Hall–Kier alpha value is -2.74. The molecule has 2 N–H and O–H groups in total. The van der Waals surface area contributed by atoms with Gasteiger partial charge in [0, 0.05) is 18.9 Å². The first-order valence-corrected chi connectivity index (χ1v) is 7.61. The zero-order valence-corrected chi connectivity index (χ0v) is 13.6. The number of carbonyl (C=O) groups is 1. The van der Waals surface area contributed by atoms with Crippen LogP contribution in [0.15, 0.2) is 30.6 Å². The lowest BCUT2D eigenvalue weighted by molar-refractivity contribution is 0.184. The second-order valence-electron chi connectivity index (χ2n) is 5.37. The van der Waals surface area contributed by atoms with E-state index in [1.165, 1.54) is 7.11 Å². The van der Waals surface area contributed by atoms with Crippen LogP contribution in [0.5, 0.6) is 11.5 Å². The first kappa shape index (κ1) is 16.1. The molecule has 8 nitrogen and oxygen atoms in total. The van der Waals surface area contributed by atoms with Gasteiger partial charge in [0.25, 0.3) is 0 Å². The number of methoxy groups -OCH3 is 2. The van der Waals surface area contributed by atoms with Crippen LogP contribution in [0.4, 0.5) is 16.2 Å². The van der Waals surface area contributed by atoms with Crippen LogP contribution in [-0.4, -0.2) is 43.2 Å². The van der Waals surface area contributed by atoms with Crippen molar-refractivity contribution < 1.29 is 19.0 Å². The second kappa shape index (κ2) is 7.22. The van der Waals surface area contributed by atoms with Crippen LogP contribution in [0, 0.1) is 0 Å². The van der Waals surface area contributed by atoms with E-state index in [0.29, 0.717) is 29.5 Å². The van der Waals surface area contributed by atoms with E-state index in [0.717, 1.165) is 13.0 Å². The summed E-state index contributed by atoms with van der Waals surface area (Å²) in [7, 11) is 3.10. The third kappa shape index (κ3) is 3.60. The van der Waals surface area contributed by atoms with E-state index in [-0.39, 0.29) is 12.1 Å². The molecule has 24 heavy (non-hydrogen) atoms. The number of ether oxygens (including phenoxy) is 3. The van der Waals surface area contributed by atoms with E-state index in [4.69, 9.17) is 14.2 Å². The maximum Gasteiger partial charge on any atom is 0.323 e. The molecule has 2 aromatic rings. The molecule has 2 heterocycles. The van der Waals surface area contributed by atoms with Gasteiger partial charge in [0.05, 0.1) is 44.4 Å². The topological polar surface area (TPSA) is 86.6 Å². The summed E-state index contributed by atoms with van der Waals surface area (Å²) in [5, 5.41) is 9.77. The number of hydrogen-bond donors (Lipinski definition) is 2. The number of nitrogens with one attached hydrogen (secondary N) is 2. The summed E-state index contributed by atoms with van der Waals surface area (Å²) in [6, 6.07) is 5.02. The highest BCUT2D eigenvalue weighted by Gasteiger charge is 2.18. The molecule has 1 unspecified atom stereocenters. The van der Waals surface area contributed by atoms with Crippen LogP contribution in [0.1, 0.15) is 12.5 Å². The highest BCUT2D eigenvalue weighted by molar-refractivity contribution is 6.00. The van der Waals surface area contributed by atoms with Gasteiger partial charge < -0.3 is 24.8 Å². The summed E-state index contributed by atoms with van der Waals surface area (Å²) >= 11 is 0. The Kier molecular flexibility index (Phi) is 4.85. The summed E-state index contributed by atoms with van der Waals surface area (Å²) < 4.78 is 17.5. The maximum atomic E-state index is 12.2. The van der Waals surface area contributed by atoms with Gasteiger partial charge in [-0.15, -0.1) is 0 Å². The van der Waals surface area contributed by atoms with E-state index < -0.39 is 0 Å². The largest absolute Gasteiger partial charge is 0.497 e. The van der Waals surface area contributed by atoms with Crippen molar-refractivity contribution in [2.75, 3.05) is 38.1 Å². The van der Waals surface area contributed by atoms with Crippen LogP contribution in [-0.2, 0) is 4.74 Å². The lowest BCUT2D eigenvalue weighted by atomic mass is 10.2. The van der Waals surface area contributed by atoms with Crippen LogP contribution in [0.2, 0.25) is 0 Å². The van der Waals surface area contributed by atoms with Crippen molar-refractivity contribution in [1.82, 2.24) is 9.78 Å². The molecule has 1 aromatic carbocycles. The van der Waals surface area contributed by atoms with E-state index in [9.17, 15) is 4.79 Å². The van der Waals surface area contributed by atoms with Crippen molar-refractivity contribution in [1.29, 1.82) is 0 Å². The molecular weight excluding hydrogens is 312 g/mol. The fraction of sp³-hybridized carbons (Fsp3) is 0.375. The monoisotopic (exact) mass is 332 g/mol. The van der Waals surface area contributed by atoms with Crippen molar-refractivity contribution in [3.05, 3.63) is 30.6 Å². The van der Waals surface area contributed by atoms with Crippen molar-refractivity contribution in [2.45, 2.75) is 12.5 Å². The summed E-state index contributed by atoms with van der Waals surface area (Å²) in [5.74, 6) is 1.17.